The van der Waals surface area contributed by atoms with Crippen molar-refractivity contribution < 1.29 is 19.1 Å². The van der Waals surface area contributed by atoms with E-state index >= 15 is 0 Å². The van der Waals surface area contributed by atoms with E-state index in [0.717, 1.165) is 11.1 Å². The molecule has 7 nitrogen and oxygen atoms in total. The molecule has 0 saturated carbocycles. The Morgan fingerprint density at radius 2 is 1.67 bits per heavy atom. The molecular formula is C23H29N3O4. The number of amides is 3. The minimum absolute atomic E-state index is 0.0634. The molecule has 0 saturated heterocycles. The summed E-state index contributed by atoms with van der Waals surface area (Å²) in [5.41, 5.74) is 2.89. The Hall–Kier alpha value is -3.35. The summed E-state index contributed by atoms with van der Waals surface area (Å²) in [5, 5.41) is 8.53. The van der Waals surface area contributed by atoms with Gasteiger partial charge in [0, 0.05) is 24.2 Å². The van der Waals surface area contributed by atoms with Crippen molar-refractivity contribution in [3.63, 3.8) is 0 Å². The van der Waals surface area contributed by atoms with Crippen LogP contribution in [0.1, 0.15) is 44.4 Å². The molecule has 0 fully saturated rings. The van der Waals surface area contributed by atoms with Crippen LogP contribution in [-0.4, -0.2) is 24.8 Å². The van der Waals surface area contributed by atoms with Crippen molar-refractivity contribution in [2.45, 2.75) is 40.2 Å². The molecule has 2 aromatic rings. The van der Waals surface area contributed by atoms with Gasteiger partial charge in [0.05, 0.1) is 19.6 Å². The molecule has 1 unspecified atom stereocenters. The molecule has 0 aliphatic rings. The molecule has 3 N–H and O–H groups in total. The maximum absolute atomic E-state index is 12.7. The predicted octanol–water partition coefficient (Wildman–Crippen LogP) is 3.80. The topological polar surface area (TPSA) is 96.5 Å². The number of carbonyl (C=O) groups excluding carboxylic acids is 3. The second kappa shape index (κ2) is 10.4. The first-order valence-corrected chi connectivity index (χ1v) is 9.82. The van der Waals surface area contributed by atoms with E-state index < -0.39 is 6.04 Å². The van der Waals surface area contributed by atoms with Gasteiger partial charge in [0.25, 0.3) is 0 Å². The van der Waals surface area contributed by atoms with E-state index in [2.05, 4.69) is 16.0 Å². The highest BCUT2D eigenvalue weighted by Gasteiger charge is 2.18. The van der Waals surface area contributed by atoms with E-state index in [1.807, 2.05) is 39.0 Å². The number of carbonyl (C=O) groups is 3. The SMILES string of the molecule is COc1ccc(C(CC(=O)Nc2cc(NC(=O)C(C)C)ccc2C)NC(C)=O)cc1. The van der Waals surface area contributed by atoms with Crippen LogP contribution in [0.5, 0.6) is 5.75 Å². The fourth-order valence-corrected chi connectivity index (χ4v) is 2.84. The summed E-state index contributed by atoms with van der Waals surface area (Å²) in [4.78, 5) is 36.3. The maximum atomic E-state index is 12.7. The number of hydrogen-bond donors (Lipinski definition) is 3. The predicted molar refractivity (Wildman–Crippen MR) is 117 cm³/mol. The van der Waals surface area contributed by atoms with Gasteiger partial charge in [-0.05, 0) is 42.3 Å². The Morgan fingerprint density at radius 1 is 1.00 bits per heavy atom. The number of nitrogens with one attached hydrogen (secondary N) is 3. The monoisotopic (exact) mass is 411 g/mol. The van der Waals surface area contributed by atoms with Crippen molar-refractivity contribution in [2.24, 2.45) is 5.92 Å². The summed E-state index contributed by atoms with van der Waals surface area (Å²) < 4.78 is 5.16. The smallest absolute Gasteiger partial charge is 0.226 e. The molecule has 2 aromatic carbocycles. The minimum atomic E-state index is -0.475. The highest BCUT2D eigenvalue weighted by Crippen LogP contribution is 2.24. The van der Waals surface area contributed by atoms with Gasteiger partial charge in [-0.3, -0.25) is 14.4 Å². The first-order valence-electron chi connectivity index (χ1n) is 9.82. The van der Waals surface area contributed by atoms with E-state index in [4.69, 9.17) is 4.74 Å². The Balaban J connectivity index is 2.14. The van der Waals surface area contributed by atoms with E-state index in [0.29, 0.717) is 17.1 Å². The lowest BCUT2D eigenvalue weighted by molar-refractivity contribution is -0.121. The number of rotatable bonds is 8. The summed E-state index contributed by atoms with van der Waals surface area (Å²) in [5.74, 6) is -0.0209. The van der Waals surface area contributed by atoms with Gasteiger partial charge in [-0.2, -0.15) is 0 Å². The van der Waals surface area contributed by atoms with Crippen molar-refractivity contribution in [1.82, 2.24) is 5.32 Å². The quantitative estimate of drug-likeness (QED) is 0.615. The summed E-state index contributed by atoms with van der Waals surface area (Å²) in [6, 6.07) is 12.1. The summed E-state index contributed by atoms with van der Waals surface area (Å²) in [6.45, 7) is 6.92. The highest BCUT2D eigenvalue weighted by atomic mass is 16.5. The zero-order chi connectivity index (χ0) is 22.3. The van der Waals surface area contributed by atoms with Gasteiger partial charge in [0.15, 0.2) is 0 Å². The molecule has 0 aliphatic heterocycles. The molecule has 30 heavy (non-hydrogen) atoms. The molecule has 0 spiro atoms. The van der Waals surface area contributed by atoms with Crippen molar-refractivity contribution in [3.05, 3.63) is 53.6 Å². The molecule has 0 bridgehead atoms. The molecule has 0 heterocycles. The van der Waals surface area contributed by atoms with Crippen LogP contribution >= 0.6 is 0 Å². The number of ether oxygens (including phenoxy) is 1. The lowest BCUT2D eigenvalue weighted by Crippen LogP contribution is -2.29. The minimum Gasteiger partial charge on any atom is -0.497 e. The number of anilines is 2. The molecule has 0 aliphatic carbocycles. The average Bonchev–Trinajstić information content (AvgIpc) is 2.69. The number of aryl methyl sites for hydroxylation is 1. The normalized spacial score (nSPS) is 11.5. The van der Waals surface area contributed by atoms with E-state index in [-0.39, 0.29) is 30.1 Å². The van der Waals surface area contributed by atoms with Crippen LogP contribution in [0.3, 0.4) is 0 Å². The lowest BCUT2D eigenvalue weighted by atomic mass is 10.0. The molecule has 160 valence electrons. The van der Waals surface area contributed by atoms with Crippen LogP contribution in [0.4, 0.5) is 11.4 Å². The molecule has 2 rings (SSSR count). The summed E-state index contributed by atoms with van der Waals surface area (Å²) in [6.07, 6.45) is 0.0634. The molecule has 7 heteroatoms. The van der Waals surface area contributed by atoms with Gasteiger partial charge in [-0.1, -0.05) is 32.0 Å². The average molecular weight is 412 g/mol. The second-order valence-electron chi connectivity index (χ2n) is 7.45. The Bertz CT molecular complexity index is 907. The Labute approximate surface area is 177 Å². The van der Waals surface area contributed by atoms with Crippen molar-refractivity contribution >= 4 is 29.1 Å². The van der Waals surface area contributed by atoms with E-state index in [9.17, 15) is 14.4 Å². The fourth-order valence-electron chi connectivity index (χ4n) is 2.84. The van der Waals surface area contributed by atoms with Gasteiger partial charge < -0.3 is 20.7 Å². The van der Waals surface area contributed by atoms with Crippen LogP contribution in [0, 0.1) is 12.8 Å². The van der Waals surface area contributed by atoms with Crippen LogP contribution in [0.15, 0.2) is 42.5 Å². The van der Waals surface area contributed by atoms with Crippen LogP contribution < -0.4 is 20.7 Å². The van der Waals surface area contributed by atoms with E-state index in [1.54, 1.807) is 31.4 Å². The standard InChI is InChI=1S/C23H29N3O4/c1-14(2)23(29)25-18-9-6-15(3)20(12-18)26-22(28)13-21(24-16(4)27)17-7-10-19(30-5)11-8-17/h6-12,14,21H,13H2,1-5H3,(H,24,27)(H,25,29)(H,26,28). The number of hydrogen-bond acceptors (Lipinski definition) is 4. The first-order chi connectivity index (χ1) is 14.2. The van der Waals surface area contributed by atoms with Crippen LogP contribution in [0.2, 0.25) is 0 Å². The molecule has 0 radical (unpaired) electrons. The van der Waals surface area contributed by atoms with Gasteiger partial charge in [0.2, 0.25) is 17.7 Å². The highest BCUT2D eigenvalue weighted by molar-refractivity contribution is 5.95. The Kier molecular flexibility index (Phi) is 7.98. The Morgan fingerprint density at radius 3 is 2.23 bits per heavy atom. The third kappa shape index (κ3) is 6.62. The summed E-state index contributed by atoms with van der Waals surface area (Å²) >= 11 is 0. The van der Waals surface area contributed by atoms with Gasteiger partial charge in [-0.15, -0.1) is 0 Å². The zero-order valence-electron chi connectivity index (χ0n) is 18.0. The first kappa shape index (κ1) is 22.9. The lowest BCUT2D eigenvalue weighted by Gasteiger charge is -2.19. The fraction of sp³-hybridized carbons (Fsp3) is 0.348. The molecule has 1 atom stereocenters. The van der Waals surface area contributed by atoms with Crippen molar-refractivity contribution in [3.8, 4) is 5.75 Å². The largest absolute Gasteiger partial charge is 0.497 e. The number of methoxy groups -OCH3 is 1. The van der Waals surface area contributed by atoms with Crippen molar-refractivity contribution in [2.75, 3.05) is 17.7 Å². The van der Waals surface area contributed by atoms with Gasteiger partial charge >= 0.3 is 0 Å². The molecular weight excluding hydrogens is 382 g/mol. The summed E-state index contributed by atoms with van der Waals surface area (Å²) in [7, 11) is 1.58. The van der Waals surface area contributed by atoms with Crippen molar-refractivity contribution in [1.29, 1.82) is 0 Å². The molecule has 0 aromatic heterocycles. The third-order valence-corrected chi connectivity index (χ3v) is 4.59. The third-order valence-electron chi connectivity index (χ3n) is 4.59. The van der Waals surface area contributed by atoms with Crippen LogP contribution in [-0.2, 0) is 14.4 Å². The zero-order valence-corrected chi connectivity index (χ0v) is 18.0. The van der Waals surface area contributed by atoms with Gasteiger partial charge in [-0.25, -0.2) is 0 Å². The second-order valence-corrected chi connectivity index (χ2v) is 7.45. The van der Waals surface area contributed by atoms with Crippen LogP contribution in [0.25, 0.3) is 0 Å². The number of benzene rings is 2. The van der Waals surface area contributed by atoms with E-state index in [1.165, 1.54) is 6.92 Å². The molecule has 3 amide bonds. The van der Waals surface area contributed by atoms with Gasteiger partial charge in [0.1, 0.15) is 5.75 Å². The maximum Gasteiger partial charge on any atom is 0.226 e.